The Labute approximate surface area is 120 Å². The van der Waals surface area contributed by atoms with Crippen LogP contribution in [0.2, 0.25) is 0 Å². The summed E-state index contributed by atoms with van der Waals surface area (Å²) in [7, 11) is 0. The van der Waals surface area contributed by atoms with E-state index < -0.39 is 0 Å². The van der Waals surface area contributed by atoms with Crippen molar-refractivity contribution in [3.8, 4) is 11.5 Å². The van der Waals surface area contributed by atoms with Crippen LogP contribution in [0.3, 0.4) is 0 Å². The molecule has 104 valence electrons. The molecule has 5 nitrogen and oxygen atoms in total. The van der Waals surface area contributed by atoms with Crippen molar-refractivity contribution in [3.63, 3.8) is 0 Å². The van der Waals surface area contributed by atoms with Crippen LogP contribution >= 0.6 is 11.8 Å². The summed E-state index contributed by atoms with van der Waals surface area (Å²) in [6.45, 7) is 3.90. The van der Waals surface area contributed by atoms with Crippen molar-refractivity contribution in [2.45, 2.75) is 36.8 Å². The van der Waals surface area contributed by atoms with E-state index in [9.17, 15) is 4.79 Å². The minimum Gasteiger partial charge on any atom is -0.462 e. The molecular weight excluding hydrogens is 276 g/mol. The molecule has 1 aromatic carbocycles. The first-order chi connectivity index (χ1) is 9.61. The maximum Gasteiger partial charge on any atom is 0.320 e. The maximum atomic E-state index is 11.6. The molecule has 1 fully saturated rings. The maximum absolute atomic E-state index is 11.6. The van der Waals surface area contributed by atoms with Gasteiger partial charge in [-0.3, -0.25) is 4.79 Å². The van der Waals surface area contributed by atoms with Gasteiger partial charge in [0.15, 0.2) is 0 Å². The third-order valence-corrected chi connectivity index (χ3v) is 4.11. The van der Waals surface area contributed by atoms with Crippen LogP contribution in [0, 0.1) is 6.92 Å². The molecule has 0 amide bonds. The van der Waals surface area contributed by atoms with Gasteiger partial charge in [-0.1, -0.05) is 17.7 Å². The Morgan fingerprint density at radius 1 is 1.25 bits per heavy atom. The number of esters is 1. The van der Waals surface area contributed by atoms with Gasteiger partial charge in [0.1, 0.15) is 11.4 Å². The normalized spacial score (nSPS) is 22.0. The zero-order valence-corrected chi connectivity index (χ0v) is 12.0. The smallest absolute Gasteiger partial charge is 0.320 e. The summed E-state index contributed by atoms with van der Waals surface area (Å²) < 4.78 is 10.7. The predicted molar refractivity (Wildman–Crippen MR) is 74.3 cm³/mol. The van der Waals surface area contributed by atoms with Gasteiger partial charge in [-0.2, -0.15) is 0 Å². The molecule has 1 saturated heterocycles. The first-order valence-electron chi connectivity index (χ1n) is 6.39. The molecule has 0 saturated carbocycles. The molecule has 0 bridgehead atoms. The molecule has 0 spiro atoms. The lowest BCUT2D eigenvalue weighted by molar-refractivity contribution is -0.140. The Balaban J connectivity index is 1.74. The van der Waals surface area contributed by atoms with Crippen LogP contribution in [-0.4, -0.2) is 27.5 Å². The van der Waals surface area contributed by atoms with Gasteiger partial charge in [0.05, 0.1) is 0 Å². The summed E-state index contributed by atoms with van der Waals surface area (Å²) in [6, 6.07) is 7.84. The van der Waals surface area contributed by atoms with Gasteiger partial charge < -0.3 is 9.15 Å². The number of carbonyl (C=O) groups is 1. The monoisotopic (exact) mass is 290 g/mol. The van der Waals surface area contributed by atoms with Crippen LogP contribution in [0.1, 0.15) is 18.9 Å². The number of benzene rings is 1. The van der Waals surface area contributed by atoms with Crippen molar-refractivity contribution in [1.82, 2.24) is 10.2 Å². The highest BCUT2D eigenvalue weighted by atomic mass is 32.2. The molecule has 1 aliphatic heterocycles. The highest BCUT2D eigenvalue weighted by molar-refractivity contribution is 8.00. The molecule has 2 atom stereocenters. The van der Waals surface area contributed by atoms with Crippen molar-refractivity contribution in [2.24, 2.45) is 0 Å². The topological polar surface area (TPSA) is 65.2 Å². The van der Waals surface area contributed by atoms with Crippen LogP contribution in [-0.2, 0) is 9.53 Å². The van der Waals surface area contributed by atoms with E-state index in [0.717, 1.165) is 5.56 Å². The molecule has 20 heavy (non-hydrogen) atoms. The minimum atomic E-state index is -0.253. The molecular formula is C14H14N2O3S. The lowest BCUT2D eigenvalue weighted by atomic mass is 10.1. The first-order valence-corrected chi connectivity index (χ1v) is 7.27. The van der Waals surface area contributed by atoms with Gasteiger partial charge in [0.25, 0.3) is 5.22 Å². The quantitative estimate of drug-likeness (QED) is 0.810. The molecule has 0 aliphatic carbocycles. The summed E-state index contributed by atoms with van der Waals surface area (Å²) >= 11 is 1.27. The van der Waals surface area contributed by atoms with Gasteiger partial charge in [0.2, 0.25) is 5.89 Å². The average molecular weight is 290 g/mol. The van der Waals surface area contributed by atoms with Crippen molar-refractivity contribution in [3.05, 3.63) is 29.8 Å². The molecule has 2 heterocycles. The fraction of sp³-hybridized carbons (Fsp3) is 0.357. The number of nitrogens with zero attached hydrogens (tertiary/aromatic N) is 2. The molecule has 0 N–H and O–H groups in total. The van der Waals surface area contributed by atoms with E-state index in [-0.39, 0.29) is 17.3 Å². The number of aromatic nitrogens is 2. The van der Waals surface area contributed by atoms with Crippen LogP contribution < -0.4 is 0 Å². The van der Waals surface area contributed by atoms with Gasteiger partial charge in [0, 0.05) is 12.0 Å². The van der Waals surface area contributed by atoms with E-state index in [2.05, 4.69) is 10.2 Å². The summed E-state index contributed by atoms with van der Waals surface area (Å²) in [4.78, 5) is 11.6. The molecule has 6 heteroatoms. The zero-order chi connectivity index (χ0) is 14.1. The van der Waals surface area contributed by atoms with E-state index >= 15 is 0 Å². The first kappa shape index (κ1) is 13.2. The van der Waals surface area contributed by atoms with E-state index in [1.165, 1.54) is 17.3 Å². The van der Waals surface area contributed by atoms with Gasteiger partial charge >= 0.3 is 5.97 Å². The Kier molecular flexibility index (Phi) is 3.48. The fourth-order valence-electron chi connectivity index (χ4n) is 2.01. The van der Waals surface area contributed by atoms with Crippen LogP contribution in [0.25, 0.3) is 11.5 Å². The Hall–Kier alpha value is -1.82. The van der Waals surface area contributed by atoms with E-state index in [1.807, 2.05) is 38.1 Å². The second-order valence-corrected chi connectivity index (χ2v) is 5.98. The number of hydrogen-bond acceptors (Lipinski definition) is 6. The molecule has 3 rings (SSSR count). The predicted octanol–water partition coefficient (Wildman–Crippen LogP) is 2.84. The van der Waals surface area contributed by atoms with E-state index in [4.69, 9.17) is 9.15 Å². The molecule has 1 aromatic heterocycles. The molecule has 0 unspecified atom stereocenters. The summed E-state index contributed by atoms with van der Waals surface area (Å²) in [6.07, 6.45) is 0.630. The molecule has 2 aromatic rings. The van der Waals surface area contributed by atoms with E-state index in [1.54, 1.807) is 0 Å². The number of cyclic esters (lactones) is 1. The number of aryl methyl sites for hydroxylation is 1. The second kappa shape index (κ2) is 5.28. The van der Waals surface area contributed by atoms with Gasteiger partial charge in [-0.25, -0.2) is 0 Å². The standard InChI is InChI=1S/C14H14N2O3S/c1-8-3-5-10(6-4-8)12-15-16-14(19-12)20-11-7-9(2)18-13(11)17/h3-6,9,11H,7H2,1-2H3/t9-,11+/m1/s1. The highest BCUT2D eigenvalue weighted by Crippen LogP contribution is 2.32. The van der Waals surface area contributed by atoms with Gasteiger partial charge in [-0.15, -0.1) is 10.2 Å². The van der Waals surface area contributed by atoms with Crippen molar-refractivity contribution in [2.75, 3.05) is 0 Å². The lowest BCUT2D eigenvalue weighted by Gasteiger charge is -1.99. The highest BCUT2D eigenvalue weighted by Gasteiger charge is 2.34. The number of ether oxygens (including phenoxy) is 1. The van der Waals surface area contributed by atoms with Crippen molar-refractivity contribution in [1.29, 1.82) is 0 Å². The van der Waals surface area contributed by atoms with Crippen LogP contribution in [0.5, 0.6) is 0 Å². The third-order valence-electron chi connectivity index (χ3n) is 3.07. The summed E-state index contributed by atoms with van der Waals surface area (Å²) in [5, 5.41) is 8.14. The number of thioether (sulfide) groups is 1. The number of rotatable bonds is 3. The summed E-state index contributed by atoms with van der Waals surface area (Å²) in [5.74, 6) is 0.254. The average Bonchev–Trinajstić information content (AvgIpc) is 2.98. The Morgan fingerprint density at radius 3 is 2.65 bits per heavy atom. The Bertz CT molecular complexity index is 624. The lowest BCUT2D eigenvalue weighted by Crippen LogP contribution is -2.09. The summed E-state index contributed by atoms with van der Waals surface area (Å²) in [5.41, 5.74) is 2.04. The second-order valence-electron chi connectivity index (χ2n) is 4.83. The van der Waals surface area contributed by atoms with Crippen LogP contribution in [0.15, 0.2) is 33.9 Å². The van der Waals surface area contributed by atoms with Gasteiger partial charge in [-0.05, 0) is 37.7 Å². The number of carbonyl (C=O) groups excluding carboxylic acids is 1. The molecule has 1 aliphatic rings. The van der Waals surface area contributed by atoms with Crippen molar-refractivity contribution >= 4 is 17.7 Å². The zero-order valence-electron chi connectivity index (χ0n) is 11.2. The van der Waals surface area contributed by atoms with E-state index in [0.29, 0.717) is 17.5 Å². The SMILES string of the molecule is Cc1ccc(-c2nnc(S[C@H]3C[C@@H](C)OC3=O)o2)cc1. The molecule has 0 radical (unpaired) electrons. The minimum absolute atomic E-state index is 0.0421. The fourth-order valence-corrected chi connectivity index (χ4v) is 2.99. The largest absolute Gasteiger partial charge is 0.462 e. The third kappa shape index (κ3) is 2.70. The van der Waals surface area contributed by atoms with Crippen LogP contribution in [0.4, 0.5) is 0 Å². The Morgan fingerprint density at radius 2 is 2.00 bits per heavy atom. The number of hydrogen-bond donors (Lipinski definition) is 0. The van der Waals surface area contributed by atoms with Crippen molar-refractivity contribution < 1.29 is 13.9 Å².